The first-order chi connectivity index (χ1) is 11.4. The lowest BCUT2D eigenvalue weighted by Crippen LogP contribution is -2.21. The molecule has 0 N–H and O–H groups in total. The Morgan fingerprint density at radius 3 is 1.72 bits per heavy atom. The summed E-state index contributed by atoms with van der Waals surface area (Å²) in [5, 5.41) is 0. The molecular weight excluding hydrogens is 300 g/mol. The number of aryl methyl sites for hydroxylation is 1. The van der Waals surface area contributed by atoms with Gasteiger partial charge in [0.1, 0.15) is 0 Å². The second-order valence-corrected chi connectivity index (χ2v) is 10.4. The average molecular weight is 344 g/mol. The van der Waals surface area contributed by atoms with Gasteiger partial charge < -0.3 is 0 Å². The van der Waals surface area contributed by atoms with Gasteiger partial charge in [0, 0.05) is 0 Å². The SMILES string of the molecule is Cc1cc(C(C)(C)C)c([CH]CCCCCCC(C)C)c(C(C)(C)C)c1. The zero-order chi connectivity index (χ0) is 19.3. The van der Waals surface area contributed by atoms with Gasteiger partial charge in [-0.05, 0) is 53.2 Å². The molecule has 0 fully saturated rings. The lowest BCUT2D eigenvalue weighted by atomic mass is 9.74. The summed E-state index contributed by atoms with van der Waals surface area (Å²) in [6.07, 6.45) is 10.6. The van der Waals surface area contributed by atoms with Crippen LogP contribution in [0.5, 0.6) is 0 Å². The predicted molar refractivity (Wildman–Crippen MR) is 115 cm³/mol. The highest BCUT2D eigenvalue weighted by molar-refractivity contribution is 5.49. The van der Waals surface area contributed by atoms with E-state index in [4.69, 9.17) is 0 Å². The highest BCUT2D eigenvalue weighted by atomic mass is 14.3. The molecule has 0 atom stereocenters. The maximum Gasteiger partial charge on any atom is -0.00870 e. The van der Waals surface area contributed by atoms with Crippen molar-refractivity contribution < 1.29 is 0 Å². The minimum Gasteiger partial charge on any atom is -0.0628 e. The Bertz CT molecular complexity index is 485. The molecule has 1 aromatic rings. The zero-order valence-electron chi connectivity index (χ0n) is 18.6. The summed E-state index contributed by atoms with van der Waals surface area (Å²) in [7, 11) is 0. The fraction of sp³-hybridized carbons (Fsp3) is 0.720. The summed E-state index contributed by atoms with van der Waals surface area (Å²) < 4.78 is 0. The number of hydrogen-bond donors (Lipinski definition) is 0. The third-order valence-corrected chi connectivity index (χ3v) is 5.02. The molecule has 1 radical (unpaired) electrons. The van der Waals surface area contributed by atoms with Crippen molar-refractivity contribution in [1.29, 1.82) is 0 Å². The molecule has 143 valence electrons. The minimum atomic E-state index is 0.190. The first kappa shape index (κ1) is 22.3. The van der Waals surface area contributed by atoms with Gasteiger partial charge in [-0.2, -0.15) is 0 Å². The average Bonchev–Trinajstić information content (AvgIpc) is 2.44. The maximum absolute atomic E-state index is 2.53. The summed E-state index contributed by atoms with van der Waals surface area (Å²) in [6.45, 7) is 21.0. The van der Waals surface area contributed by atoms with Gasteiger partial charge in [-0.25, -0.2) is 0 Å². The molecule has 0 saturated heterocycles. The second-order valence-electron chi connectivity index (χ2n) is 10.4. The summed E-state index contributed by atoms with van der Waals surface area (Å²) in [5.74, 6) is 0.850. The molecule has 0 nitrogen and oxygen atoms in total. The molecular formula is C25H43. The Labute approximate surface area is 158 Å². The molecule has 25 heavy (non-hydrogen) atoms. The molecule has 0 aliphatic heterocycles. The van der Waals surface area contributed by atoms with Gasteiger partial charge in [0.2, 0.25) is 0 Å². The lowest BCUT2D eigenvalue weighted by Gasteiger charge is -2.31. The Balaban J connectivity index is 2.83. The van der Waals surface area contributed by atoms with Crippen molar-refractivity contribution in [2.45, 2.75) is 112 Å². The maximum atomic E-state index is 2.53. The zero-order valence-corrected chi connectivity index (χ0v) is 18.6. The standard InChI is InChI=1S/C25H43/c1-19(2)15-13-11-10-12-14-16-21-22(24(4,5)6)17-20(3)18-23(21)25(7,8)9/h16-19H,10-15H2,1-9H3. The van der Waals surface area contributed by atoms with E-state index in [0.29, 0.717) is 0 Å². The van der Waals surface area contributed by atoms with Crippen LogP contribution in [0, 0.1) is 19.3 Å². The van der Waals surface area contributed by atoms with E-state index < -0.39 is 0 Å². The highest BCUT2D eigenvalue weighted by Crippen LogP contribution is 2.36. The molecule has 0 bridgehead atoms. The first-order valence-corrected chi connectivity index (χ1v) is 10.4. The van der Waals surface area contributed by atoms with E-state index >= 15 is 0 Å². The van der Waals surface area contributed by atoms with Gasteiger partial charge in [0.25, 0.3) is 0 Å². The van der Waals surface area contributed by atoms with Gasteiger partial charge >= 0.3 is 0 Å². The van der Waals surface area contributed by atoms with Crippen molar-refractivity contribution in [1.82, 2.24) is 0 Å². The molecule has 0 aliphatic carbocycles. The third-order valence-electron chi connectivity index (χ3n) is 5.02. The molecule has 0 unspecified atom stereocenters. The topological polar surface area (TPSA) is 0 Å². The van der Waals surface area contributed by atoms with Crippen LogP contribution in [-0.2, 0) is 10.8 Å². The third kappa shape index (κ3) is 7.55. The van der Waals surface area contributed by atoms with Gasteiger partial charge in [-0.1, -0.05) is 105 Å². The minimum absolute atomic E-state index is 0.190. The molecule has 0 heteroatoms. The molecule has 0 aromatic heterocycles. The second kappa shape index (κ2) is 9.24. The first-order valence-electron chi connectivity index (χ1n) is 10.4. The Kier molecular flexibility index (Phi) is 8.23. The monoisotopic (exact) mass is 343 g/mol. The fourth-order valence-corrected chi connectivity index (χ4v) is 3.56. The van der Waals surface area contributed by atoms with E-state index in [-0.39, 0.29) is 10.8 Å². The van der Waals surface area contributed by atoms with Crippen molar-refractivity contribution in [2.24, 2.45) is 5.92 Å². The van der Waals surface area contributed by atoms with Crippen LogP contribution in [0.25, 0.3) is 0 Å². The quantitative estimate of drug-likeness (QED) is 0.418. The van der Waals surface area contributed by atoms with Crippen LogP contribution in [0.4, 0.5) is 0 Å². The number of hydrogen-bond acceptors (Lipinski definition) is 0. The molecule has 0 amide bonds. The molecule has 1 aromatic carbocycles. The van der Waals surface area contributed by atoms with E-state index in [1.54, 1.807) is 0 Å². The van der Waals surface area contributed by atoms with Crippen LogP contribution in [-0.4, -0.2) is 0 Å². The summed E-state index contributed by atoms with van der Waals surface area (Å²) in [4.78, 5) is 0. The summed E-state index contributed by atoms with van der Waals surface area (Å²) >= 11 is 0. The van der Waals surface area contributed by atoms with Crippen molar-refractivity contribution >= 4 is 0 Å². The number of benzene rings is 1. The van der Waals surface area contributed by atoms with E-state index in [2.05, 4.69) is 80.9 Å². The van der Waals surface area contributed by atoms with E-state index in [1.807, 2.05) is 0 Å². The van der Waals surface area contributed by atoms with Crippen molar-refractivity contribution in [3.05, 3.63) is 40.8 Å². The van der Waals surface area contributed by atoms with Gasteiger partial charge in [-0.15, -0.1) is 0 Å². The fourth-order valence-electron chi connectivity index (χ4n) is 3.56. The summed E-state index contributed by atoms with van der Waals surface area (Å²) in [6, 6.07) is 4.81. The van der Waals surface area contributed by atoms with Crippen molar-refractivity contribution in [3.8, 4) is 0 Å². The van der Waals surface area contributed by atoms with Crippen LogP contribution in [0.3, 0.4) is 0 Å². The molecule has 0 saturated carbocycles. The predicted octanol–water partition coefficient (Wildman–Crippen LogP) is 8.14. The number of unbranched alkanes of at least 4 members (excludes halogenated alkanes) is 4. The van der Waals surface area contributed by atoms with Crippen molar-refractivity contribution in [2.75, 3.05) is 0 Å². The molecule has 0 aliphatic rings. The van der Waals surface area contributed by atoms with Crippen molar-refractivity contribution in [3.63, 3.8) is 0 Å². The van der Waals surface area contributed by atoms with Gasteiger partial charge in [0.05, 0.1) is 0 Å². The van der Waals surface area contributed by atoms with Gasteiger partial charge in [-0.3, -0.25) is 0 Å². The number of rotatable bonds is 8. The van der Waals surface area contributed by atoms with Crippen LogP contribution in [0.15, 0.2) is 12.1 Å². The smallest absolute Gasteiger partial charge is 0.00870 e. The molecule has 0 heterocycles. The van der Waals surface area contributed by atoms with Crippen LogP contribution < -0.4 is 0 Å². The van der Waals surface area contributed by atoms with E-state index in [1.165, 1.54) is 60.8 Å². The lowest BCUT2D eigenvalue weighted by molar-refractivity contribution is 0.519. The Hall–Kier alpha value is -0.780. The Morgan fingerprint density at radius 1 is 0.800 bits per heavy atom. The van der Waals surface area contributed by atoms with Gasteiger partial charge in [0.15, 0.2) is 0 Å². The largest absolute Gasteiger partial charge is 0.0628 e. The Morgan fingerprint density at radius 2 is 1.28 bits per heavy atom. The van der Waals surface area contributed by atoms with E-state index in [0.717, 1.165) is 5.92 Å². The van der Waals surface area contributed by atoms with Crippen LogP contribution in [0.2, 0.25) is 0 Å². The normalized spacial score (nSPS) is 12.9. The summed E-state index contributed by atoms with van der Waals surface area (Å²) in [5.41, 5.74) is 6.30. The highest BCUT2D eigenvalue weighted by Gasteiger charge is 2.25. The van der Waals surface area contributed by atoms with Crippen LogP contribution >= 0.6 is 0 Å². The van der Waals surface area contributed by atoms with Crippen LogP contribution in [0.1, 0.15) is 116 Å². The van der Waals surface area contributed by atoms with E-state index in [9.17, 15) is 0 Å². The molecule has 1 rings (SSSR count). The molecule has 0 spiro atoms.